The predicted octanol–water partition coefficient (Wildman–Crippen LogP) is 1.33. The topological polar surface area (TPSA) is 63.3 Å². The molecule has 76 valence electrons. The van der Waals surface area contributed by atoms with Crippen LogP contribution in [0, 0.1) is 5.82 Å². The molecule has 3 N–H and O–H groups in total. The molecular weight excluding hydrogens is 205 g/mol. The number of hydrogen-bond donors (Lipinski definition) is 2. The summed E-state index contributed by atoms with van der Waals surface area (Å²) < 4.78 is 12.7. The number of thioether (sulfide) groups is 1. The van der Waals surface area contributed by atoms with Crippen molar-refractivity contribution in [2.45, 2.75) is 10.1 Å². The van der Waals surface area contributed by atoms with E-state index in [-0.39, 0.29) is 12.4 Å². The molecule has 3 nitrogen and oxygen atoms in total. The van der Waals surface area contributed by atoms with Crippen LogP contribution in [0.5, 0.6) is 0 Å². The lowest BCUT2D eigenvalue weighted by molar-refractivity contribution is -0.136. The number of carboxylic acids is 1. The van der Waals surface area contributed by atoms with Crippen LogP contribution < -0.4 is 5.73 Å². The molecule has 1 atom stereocenters. The normalized spacial score (nSPS) is 12.4. The maximum atomic E-state index is 12.7. The molecule has 0 fully saturated rings. The number of halogens is 1. The number of hydrogen-bond acceptors (Lipinski definition) is 3. The molecule has 1 aromatic carbocycles. The zero-order valence-corrected chi connectivity index (χ0v) is 8.13. The smallest absolute Gasteiger partial charge is 0.318 e. The summed E-state index contributed by atoms with van der Waals surface area (Å²) in [7, 11) is 0. The molecule has 0 saturated carbocycles. The van der Waals surface area contributed by atoms with Crippen molar-refractivity contribution >= 4 is 17.7 Å². The number of rotatable bonds is 4. The molecule has 0 aliphatic rings. The second kappa shape index (κ2) is 4.97. The standard InChI is InChI=1S/C9H10FNO2S/c10-6-2-1-3-7(4-6)14-8(5-11)9(12)13/h1-4,8H,5,11H2,(H,12,13). The summed E-state index contributed by atoms with van der Waals surface area (Å²) in [4.78, 5) is 11.2. The van der Waals surface area contributed by atoms with Crippen LogP contribution in [0.2, 0.25) is 0 Å². The molecule has 0 aliphatic heterocycles. The van der Waals surface area contributed by atoms with Gasteiger partial charge in [0.1, 0.15) is 11.1 Å². The summed E-state index contributed by atoms with van der Waals surface area (Å²) >= 11 is 1.05. The van der Waals surface area contributed by atoms with Gasteiger partial charge in [-0.15, -0.1) is 11.8 Å². The molecule has 0 radical (unpaired) electrons. The van der Waals surface area contributed by atoms with Gasteiger partial charge in [0.25, 0.3) is 0 Å². The number of benzene rings is 1. The molecule has 5 heteroatoms. The number of carboxylic acid groups (broad SMARTS) is 1. The largest absolute Gasteiger partial charge is 0.480 e. The summed E-state index contributed by atoms with van der Waals surface area (Å²) in [5.41, 5.74) is 5.26. The van der Waals surface area contributed by atoms with Crippen LogP contribution in [0.1, 0.15) is 0 Å². The lowest BCUT2D eigenvalue weighted by Gasteiger charge is -2.08. The fourth-order valence-corrected chi connectivity index (χ4v) is 1.77. The Bertz CT molecular complexity index is 332. The molecule has 0 saturated heterocycles. The van der Waals surface area contributed by atoms with Crippen molar-refractivity contribution in [1.82, 2.24) is 0 Å². The van der Waals surface area contributed by atoms with Crippen LogP contribution >= 0.6 is 11.8 Å². The van der Waals surface area contributed by atoms with Crippen LogP contribution in [-0.4, -0.2) is 22.9 Å². The molecule has 1 aromatic rings. The van der Waals surface area contributed by atoms with Crippen LogP contribution in [0.15, 0.2) is 29.2 Å². The van der Waals surface area contributed by atoms with Gasteiger partial charge in [0.05, 0.1) is 0 Å². The fourth-order valence-electron chi connectivity index (χ4n) is 0.904. The van der Waals surface area contributed by atoms with Gasteiger partial charge < -0.3 is 10.8 Å². The van der Waals surface area contributed by atoms with Crippen molar-refractivity contribution < 1.29 is 14.3 Å². The van der Waals surface area contributed by atoms with Gasteiger partial charge in [0, 0.05) is 11.4 Å². The molecule has 1 unspecified atom stereocenters. The van der Waals surface area contributed by atoms with Gasteiger partial charge in [-0.2, -0.15) is 0 Å². The Morgan fingerprint density at radius 2 is 2.36 bits per heavy atom. The van der Waals surface area contributed by atoms with Crippen molar-refractivity contribution in [3.8, 4) is 0 Å². The minimum absolute atomic E-state index is 0.0243. The lowest BCUT2D eigenvalue weighted by Crippen LogP contribution is -2.25. The van der Waals surface area contributed by atoms with Gasteiger partial charge in [-0.05, 0) is 18.2 Å². The highest BCUT2D eigenvalue weighted by Gasteiger charge is 2.16. The van der Waals surface area contributed by atoms with E-state index in [1.165, 1.54) is 18.2 Å². The fraction of sp³-hybridized carbons (Fsp3) is 0.222. The number of carbonyl (C=O) groups is 1. The molecule has 0 aliphatic carbocycles. The second-order valence-corrected chi connectivity index (χ2v) is 3.91. The van der Waals surface area contributed by atoms with Gasteiger partial charge >= 0.3 is 5.97 Å². The van der Waals surface area contributed by atoms with Gasteiger partial charge in [-0.3, -0.25) is 4.79 Å². The Balaban J connectivity index is 2.72. The number of nitrogens with two attached hydrogens (primary N) is 1. The average molecular weight is 215 g/mol. The highest BCUT2D eigenvalue weighted by Crippen LogP contribution is 2.23. The van der Waals surface area contributed by atoms with Crippen molar-refractivity contribution in [2.24, 2.45) is 5.73 Å². The average Bonchev–Trinajstić information content (AvgIpc) is 2.14. The molecule has 0 heterocycles. The molecule has 1 rings (SSSR count). The summed E-state index contributed by atoms with van der Waals surface area (Å²) in [5.74, 6) is -1.36. The molecule has 14 heavy (non-hydrogen) atoms. The molecule has 0 aromatic heterocycles. The summed E-state index contributed by atoms with van der Waals surface area (Å²) in [6, 6.07) is 5.78. The first-order valence-corrected chi connectivity index (χ1v) is 4.86. The number of aliphatic carboxylic acids is 1. The van der Waals surface area contributed by atoms with Crippen LogP contribution in [0.3, 0.4) is 0 Å². The zero-order chi connectivity index (χ0) is 10.6. The zero-order valence-electron chi connectivity index (χ0n) is 7.31. The van der Waals surface area contributed by atoms with Gasteiger partial charge in [-0.1, -0.05) is 6.07 Å². The van der Waals surface area contributed by atoms with Crippen molar-refractivity contribution in [2.75, 3.05) is 6.54 Å². The van der Waals surface area contributed by atoms with Crippen molar-refractivity contribution in [3.05, 3.63) is 30.1 Å². The SMILES string of the molecule is NCC(Sc1cccc(F)c1)C(=O)O. The van der Waals surface area contributed by atoms with E-state index < -0.39 is 11.2 Å². The first-order valence-electron chi connectivity index (χ1n) is 3.98. The van der Waals surface area contributed by atoms with Crippen LogP contribution in [0.4, 0.5) is 4.39 Å². The van der Waals surface area contributed by atoms with E-state index >= 15 is 0 Å². The first kappa shape index (κ1) is 11.0. The molecule has 0 spiro atoms. The third kappa shape index (κ3) is 3.01. The van der Waals surface area contributed by atoms with Crippen molar-refractivity contribution in [3.63, 3.8) is 0 Å². The van der Waals surface area contributed by atoms with E-state index in [2.05, 4.69) is 0 Å². The Morgan fingerprint density at radius 3 is 2.86 bits per heavy atom. The third-order valence-corrected chi connectivity index (χ3v) is 2.77. The Hall–Kier alpha value is -1.07. The maximum Gasteiger partial charge on any atom is 0.318 e. The first-order chi connectivity index (χ1) is 6.63. The van der Waals surface area contributed by atoms with Gasteiger partial charge in [0.15, 0.2) is 0 Å². The second-order valence-electron chi connectivity index (χ2n) is 2.64. The molecular formula is C9H10FNO2S. The van der Waals surface area contributed by atoms with Gasteiger partial charge in [0.2, 0.25) is 0 Å². The highest BCUT2D eigenvalue weighted by molar-refractivity contribution is 8.00. The third-order valence-electron chi connectivity index (χ3n) is 1.56. The molecule has 0 amide bonds. The van der Waals surface area contributed by atoms with Crippen LogP contribution in [-0.2, 0) is 4.79 Å². The summed E-state index contributed by atoms with van der Waals surface area (Å²) in [5, 5.41) is 7.98. The Kier molecular flexibility index (Phi) is 3.91. The quantitative estimate of drug-likeness (QED) is 0.744. The van der Waals surface area contributed by atoms with E-state index in [0.29, 0.717) is 4.90 Å². The minimum atomic E-state index is -0.984. The highest BCUT2D eigenvalue weighted by atomic mass is 32.2. The lowest BCUT2D eigenvalue weighted by atomic mass is 10.3. The van der Waals surface area contributed by atoms with Crippen molar-refractivity contribution in [1.29, 1.82) is 0 Å². The van der Waals surface area contributed by atoms with Gasteiger partial charge in [-0.25, -0.2) is 4.39 Å². The summed E-state index contributed by atoms with van der Waals surface area (Å²) in [6.07, 6.45) is 0. The van der Waals surface area contributed by atoms with E-state index in [1.54, 1.807) is 6.07 Å². The molecule has 0 bridgehead atoms. The Morgan fingerprint density at radius 1 is 1.64 bits per heavy atom. The predicted molar refractivity (Wildman–Crippen MR) is 52.7 cm³/mol. The van der Waals surface area contributed by atoms with E-state index in [4.69, 9.17) is 10.8 Å². The monoisotopic (exact) mass is 215 g/mol. The van der Waals surface area contributed by atoms with E-state index in [1.807, 2.05) is 0 Å². The van der Waals surface area contributed by atoms with E-state index in [0.717, 1.165) is 11.8 Å². The minimum Gasteiger partial charge on any atom is -0.480 e. The van der Waals surface area contributed by atoms with Crippen LogP contribution in [0.25, 0.3) is 0 Å². The Labute approximate surface area is 85.1 Å². The maximum absolute atomic E-state index is 12.7. The summed E-state index contributed by atoms with van der Waals surface area (Å²) in [6.45, 7) is 0.0243. The van der Waals surface area contributed by atoms with E-state index in [9.17, 15) is 9.18 Å².